The van der Waals surface area contributed by atoms with E-state index in [-0.39, 0.29) is 18.4 Å². The Kier molecular flexibility index (Phi) is 3.53. The van der Waals surface area contributed by atoms with Gasteiger partial charge in [-0.15, -0.1) is 0 Å². The van der Waals surface area contributed by atoms with Gasteiger partial charge in [-0.2, -0.15) is 15.4 Å². The Morgan fingerprint density at radius 3 is 3.04 bits per heavy atom. The quantitative estimate of drug-likeness (QED) is 0.713. The molecule has 2 aromatic rings. The van der Waals surface area contributed by atoms with E-state index in [2.05, 4.69) is 20.7 Å². The number of hydrogen-bond donors (Lipinski definition) is 3. The highest BCUT2D eigenvalue weighted by molar-refractivity contribution is 6.06. The number of H-pyrrole nitrogens is 1. The number of nitrogens with zero attached hydrogens (tertiary/aromatic N) is 3. The van der Waals surface area contributed by atoms with E-state index in [0.29, 0.717) is 18.5 Å². The molecule has 124 valence electrons. The minimum absolute atomic E-state index is 0.180. The number of aromatic nitrogens is 3. The lowest BCUT2D eigenvalue weighted by Crippen LogP contribution is -2.52. The van der Waals surface area contributed by atoms with Gasteiger partial charge < -0.3 is 11.1 Å². The summed E-state index contributed by atoms with van der Waals surface area (Å²) >= 11 is 0. The number of rotatable bonds is 3. The molecule has 1 aromatic heterocycles. The van der Waals surface area contributed by atoms with Crippen LogP contribution in [0, 0.1) is 0 Å². The summed E-state index contributed by atoms with van der Waals surface area (Å²) in [5.74, 6) is -0.386. The predicted octanol–water partition coefficient (Wildman–Crippen LogP) is -0.348. The minimum atomic E-state index is -0.575. The lowest BCUT2D eigenvalue weighted by molar-refractivity contribution is -0.126. The van der Waals surface area contributed by atoms with Crippen LogP contribution in [0.1, 0.15) is 23.2 Å². The first-order chi connectivity index (χ1) is 11.6. The number of amides is 2. The molecule has 8 nitrogen and oxygen atoms in total. The lowest BCUT2D eigenvalue weighted by Gasteiger charge is -2.26. The van der Waals surface area contributed by atoms with Crippen LogP contribution >= 0.6 is 0 Å². The molecule has 8 heteroatoms. The molecule has 0 unspecified atom stereocenters. The highest BCUT2D eigenvalue weighted by Gasteiger charge is 2.42. The standard InChI is InChI=1S/C16H18N6O2/c17-12-5-4-9-2-1-3-10-6-13(22(14(9)10)16(12)24)15(23)18-7-11-8-19-21-20-11/h1-3,8,12-13H,4-7,17H2,(H,18,23)(H,19,20,21)/t12-,13-/m0/s1. The minimum Gasteiger partial charge on any atom is -0.348 e. The molecule has 2 atom stereocenters. The van der Waals surface area contributed by atoms with E-state index >= 15 is 0 Å². The second-order valence-electron chi connectivity index (χ2n) is 6.18. The fourth-order valence-corrected chi connectivity index (χ4v) is 3.47. The average molecular weight is 326 g/mol. The summed E-state index contributed by atoms with van der Waals surface area (Å²) in [5, 5.41) is 12.9. The number of nitrogens with one attached hydrogen (secondary N) is 2. The van der Waals surface area contributed by atoms with Crippen LogP contribution in [0.4, 0.5) is 5.69 Å². The molecule has 2 amide bonds. The molecule has 0 radical (unpaired) electrons. The number of aryl methyl sites for hydroxylation is 1. The molecule has 4 N–H and O–H groups in total. The van der Waals surface area contributed by atoms with Crippen molar-refractivity contribution in [1.29, 1.82) is 0 Å². The zero-order chi connectivity index (χ0) is 16.7. The molecule has 0 bridgehead atoms. The number of para-hydroxylation sites is 1. The van der Waals surface area contributed by atoms with Crippen molar-refractivity contribution >= 4 is 17.5 Å². The van der Waals surface area contributed by atoms with Gasteiger partial charge in [0.05, 0.1) is 24.5 Å². The second kappa shape index (κ2) is 5.72. The van der Waals surface area contributed by atoms with Gasteiger partial charge in [0.1, 0.15) is 11.7 Å². The van der Waals surface area contributed by atoms with E-state index < -0.39 is 12.1 Å². The van der Waals surface area contributed by atoms with Gasteiger partial charge in [-0.3, -0.25) is 14.5 Å². The molecule has 4 rings (SSSR count). The largest absolute Gasteiger partial charge is 0.348 e. The summed E-state index contributed by atoms with van der Waals surface area (Å²) < 4.78 is 0. The molecule has 1 aromatic carbocycles. The van der Waals surface area contributed by atoms with Gasteiger partial charge in [0.15, 0.2) is 0 Å². The first kappa shape index (κ1) is 14.8. The third-order valence-corrected chi connectivity index (χ3v) is 4.66. The summed E-state index contributed by atoms with van der Waals surface area (Å²) in [6.45, 7) is 0.267. The Morgan fingerprint density at radius 1 is 1.42 bits per heavy atom. The molecule has 0 fully saturated rings. The number of carbonyl (C=O) groups excluding carboxylic acids is 2. The van der Waals surface area contributed by atoms with Gasteiger partial charge in [0, 0.05) is 6.42 Å². The highest BCUT2D eigenvalue weighted by atomic mass is 16.2. The first-order valence-corrected chi connectivity index (χ1v) is 7.97. The highest BCUT2D eigenvalue weighted by Crippen LogP contribution is 2.38. The molecule has 2 aliphatic heterocycles. The van der Waals surface area contributed by atoms with Gasteiger partial charge in [-0.1, -0.05) is 18.2 Å². The first-order valence-electron chi connectivity index (χ1n) is 7.97. The van der Waals surface area contributed by atoms with Crippen molar-refractivity contribution in [3.63, 3.8) is 0 Å². The fourth-order valence-electron chi connectivity index (χ4n) is 3.47. The lowest BCUT2D eigenvalue weighted by atomic mass is 10.0. The molecule has 0 aliphatic carbocycles. The summed E-state index contributed by atoms with van der Waals surface area (Å²) in [5.41, 5.74) is 9.63. The SMILES string of the molecule is N[C@H]1CCc2cccc3c2N(C1=O)[C@H](C(=O)NCc1cn[nH]n1)C3. The van der Waals surface area contributed by atoms with Crippen molar-refractivity contribution < 1.29 is 9.59 Å². The Labute approximate surface area is 138 Å². The van der Waals surface area contributed by atoms with Crippen molar-refractivity contribution in [2.45, 2.75) is 37.9 Å². The Morgan fingerprint density at radius 2 is 2.25 bits per heavy atom. The van der Waals surface area contributed by atoms with Gasteiger partial charge in [0.2, 0.25) is 11.8 Å². The van der Waals surface area contributed by atoms with Crippen LogP contribution in [0.5, 0.6) is 0 Å². The summed E-state index contributed by atoms with van der Waals surface area (Å²) in [6.07, 6.45) is 3.40. The van der Waals surface area contributed by atoms with Crippen molar-refractivity contribution in [1.82, 2.24) is 20.7 Å². The zero-order valence-electron chi connectivity index (χ0n) is 13.0. The zero-order valence-corrected chi connectivity index (χ0v) is 13.0. The van der Waals surface area contributed by atoms with Gasteiger partial charge >= 0.3 is 0 Å². The number of hydrogen-bond acceptors (Lipinski definition) is 5. The van der Waals surface area contributed by atoms with Crippen molar-refractivity contribution in [3.8, 4) is 0 Å². The monoisotopic (exact) mass is 326 g/mol. The molecule has 3 heterocycles. The van der Waals surface area contributed by atoms with Crippen LogP contribution in [0.25, 0.3) is 0 Å². The number of carbonyl (C=O) groups is 2. The number of nitrogens with two attached hydrogens (primary N) is 1. The Bertz CT molecular complexity index is 788. The molecule has 2 aliphatic rings. The molecular weight excluding hydrogens is 308 g/mol. The van der Waals surface area contributed by atoms with E-state index in [4.69, 9.17) is 5.73 Å². The van der Waals surface area contributed by atoms with Crippen LogP contribution in [-0.4, -0.2) is 39.3 Å². The van der Waals surface area contributed by atoms with Crippen LogP contribution in [0.15, 0.2) is 24.4 Å². The molecule has 0 saturated carbocycles. The van der Waals surface area contributed by atoms with E-state index in [1.807, 2.05) is 18.2 Å². The maximum Gasteiger partial charge on any atom is 0.244 e. The van der Waals surface area contributed by atoms with E-state index in [1.54, 1.807) is 11.1 Å². The van der Waals surface area contributed by atoms with Crippen LogP contribution in [-0.2, 0) is 29.0 Å². The van der Waals surface area contributed by atoms with Crippen molar-refractivity contribution in [3.05, 3.63) is 41.2 Å². The number of anilines is 1. The average Bonchev–Trinajstić information content (AvgIpc) is 3.21. The second-order valence-corrected chi connectivity index (χ2v) is 6.18. The van der Waals surface area contributed by atoms with Crippen LogP contribution < -0.4 is 16.0 Å². The third kappa shape index (κ3) is 2.35. The van der Waals surface area contributed by atoms with E-state index in [0.717, 1.165) is 23.2 Å². The van der Waals surface area contributed by atoms with Gasteiger partial charge in [-0.25, -0.2) is 0 Å². The van der Waals surface area contributed by atoms with Crippen molar-refractivity contribution in [2.24, 2.45) is 5.73 Å². The number of aromatic amines is 1. The maximum absolute atomic E-state index is 12.7. The summed E-state index contributed by atoms with van der Waals surface area (Å²) in [6, 6.07) is 4.82. The van der Waals surface area contributed by atoms with Crippen LogP contribution in [0.2, 0.25) is 0 Å². The predicted molar refractivity (Wildman–Crippen MR) is 85.9 cm³/mol. The summed E-state index contributed by atoms with van der Waals surface area (Å²) in [7, 11) is 0. The molecule has 0 saturated heterocycles. The van der Waals surface area contributed by atoms with Crippen molar-refractivity contribution in [2.75, 3.05) is 4.90 Å². The van der Waals surface area contributed by atoms with Gasteiger partial charge in [0.25, 0.3) is 0 Å². The molecular formula is C16H18N6O2. The normalized spacial score (nSPS) is 22.2. The van der Waals surface area contributed by atoms with E-state index in [9.17, 15) is 9.59 Å². The topological polar surface area (TPSA) is 117 Å². The molecule has 24 heavy (non-hydrogen) atoms. The fraction of sp³-hybridized carbons (Fsp3) is 0.375. The third-order valence-electron chi connectivity index (χ3n) is 4.66. The van der Waals surface area contributed by atoms with E-state index in [1.165, 1.54) is 0 Å². The number of benzene rings is 1. The molecule has 0 spiro atoms. The Hall–Kier alpha value is -2.74. The van der Waals surface area contributed by atoms with Crippen LogP contribution in [0.3, 0.4) is 0 Å². The Balaban J connectivity index is 1.62. The maximum atomic E-state index is 12.7. The smallest absolute Gasteiger partial charge is 0.244 e. The van der Waals surface area contributed by atoms with Gasteiger partial charge in [-0.05, 0) is 24.0 Å². The summed E-state index contributed by atoms with van der Waals surface area (Å²) in [4.78, 5) is 27.0.